The minimum absolute atomic E-state index is 0.0309. The highest BCUT2D eigenvalue weighted by Crippen LogP contribution is 2.39. The van der Waals surface area contributed by atoms with Gasteiger partial charge in [-0.1, -0.05) is 22.1 Å². The van der Waals surface area contributed by atoms with Crippen molar-refractivity contribution < 1.29 is 28.3 Å². The van der Waals surface area contributed by atoms with Gasteiger partial charge in [0.2, 0.25) is 17.6 Å². The second-order valence-corrected chi connectivity index (χ2v) is 10.4. The Morgan fingerprint density at radius 2 is 1.88 bits per heavy atom. The van der Waals surface area contributed by atoms with Gasteiger partial charge in [0.25, 0.3) is 5.91 Å². The zero-order valence-electron chi connectivity index (χ0n) is 22.9. The number of hydrogen-bond donors (Lipinski definition) is 1. The van der Waals surface area contributed by atoms with Crippen LogP contribution in [-0.2, 0) is 16.1 Å². The van der Waals surface area contributed by atoms with Gasteiger partial charge in [-0.25, -0.2) is 0 Å². The normalized spacial score (nSPS) is 17.2. The SMILES string of the molecule is [B]C([B])([B])N(C(=O)CN1C(=O)c2oc3ccc(Cl)cc3c2OCC1(C)C(=O)NCc1ncccc1OCC)C([B])([B])[B]. The number of rotatable bonds is 9. The van der Waals surface area contributed by atoms with Gasteiger partial charge in [-0.3, -0.25) is 19.4 Å². The second kappa shape index (κ2) is 11.7. The van der Waals surface area contributed by atoms with Crippen LogP contribution >= 0.6 is 11.6 Å². The minimum atomic E-state index is -2.44. The molecule has 0 saturated carbocycles. The monoisotopic (exact) mass is 574 g/mol. The molecule has 2 aromatic heterocycles. The lowest BCUT2D eigenvalue weighted by atomic mass is 9.40. The molecule has 0 fully saturated rings. The molecule has 202 valence electrons. The number of furan rings is 1. The van der Waals surface area contributed by atoms with Gasteiger partial charge in [-0.05, 0) is 44.2 Å². The number of pyridine rings is 1. The zero-order chi connectivity index (χ0) is 31.0. The Morgan fingerprint density at radius 1 is 1.19 bits per heavy atom. The third kappa shape index (κ3) is 6.18. The maximum atomic E-state index is 14.0. The number of fused-ring (bicyclic) bond motifs is 3. The number of amides is 3. The van der Waals surface area contributed by atoms with Crippen molar-refractivity contribution in [3.8, 4) is 11.5 Å². The lowest BCUT2D eigenvalue weighted by molar-refractivity contribution is -0.138. The number of carbonyl (C=O) groups excluding carboxylic acids is 3. The third-order valence-corrected chi connectivity index (χ3v) is 6.74. The van der Waals surface area contributed by atoms with Crippen molar-refractivity contribution in [2.75, 3.05) is 19.8 Å². The zero-order valence-corrected chi connectivity index (χ0v) is 23.7. The van der Waals surface area contributed by atoms with Gasteiger partial charge < -0.3 is 29.0 Å². The molecule has 0 spiro atoms. The lowest BCUT2D eigenvalue weighted by Gasteiger charge is -2.50. The summed E-state index contributed by atoms with van der Waals surface area (Å²) in [5.41, 5.74) is -1.13. The fourth-order valence-corrected chi connectivity index (χ4v) is 4.75. The molecule has 1 N–H and O–H groups in total. The van der Waals surface area contributed by atoms with E-state index in [0.29, 0.717) is 33.4 Å². The van der Waals surface area contributed by atoms with E-state index in [4.69, 9.17) is 72.6 Å². The molecule has 17 heteroatoms. The van der Waals surface area contributed by atoms with E-state index in [9.17, 15) is 14.4 Å². The first kappa shape index (κ1) is 31.5. The van der Waals surface area contributed by atoms with Gasteiger partial charge in [0.1, 0.15) is 30.2 Å². The fourth-order valence-electron chi connectivity index (χ4n) is 4.57. The van der Waals surface area contributed by atoms with Crippen LogP contribution in [0.1, 0.15) is 30.1 Å². The first-order valence-electron chi connectivity index (χ1n) is 12.7. The van der Waals surface area contributed by atoms with Crippen LogP contribution in [0.15, 0.2) is 40.9 Å². The minimum Gasteiger partial charge on any atom is -0.492 e. The molecule has 12 radical (unpaired) electrons. The molecule has 1 aliphatic heterocycles. The maximum Gasteiger partial charge on any atom is 0.295 e. The quantitative estimate of drug-likeness (QED) is 0.354. The Hall–Kier alpha value is -3.40. The van der Waals surface area contributed by atoms with Crippen LogP contribution in [0, 0.1) is 0 Å². The lowest BCUT2D eigenvalue weighted by Crippen LogP contribution is -2.69. The highest BCUT2D eigenvalue weighted by Gasteiger charge is 2.49. The molecule has 0 saturated heterocycles. The smallest absolute Gasteiger partial charge is 0.295 e. The Bertz CT molecular complexity index is 1510. The van der Waals surface area contributed by atoms with E-state index < -0.39 is 46.9 Å². The summed E-state index contributed by atoms with van der Waals surface area (Å²) in [5.74, 6) is -2.47. The predicted molar refractivity (Wildman–Crippen MR) is 160 cm³/mol. The van der Waals surface area contributed by atoms with Crippen molar-refractivity contribution in [3.05, 3.63) is 53.0 Å². The van der Waals surface area contributed by atoms with Crippen LogP contribution in [0.3, 0.4) is 0 Å². The number of hydrogen-bond acceptors (Lipinski definition) is 7. The average molecular weight is 574 g/mol. The number of halogens is 1. The number of aromatic nitrogens is 1. The molecule has 3 amide bonds. The topological polar surface area (TPSA) is 114 Å². The van der Waals surface area contributed by atoms with E-state index >= 15 is 0 Å². The summed E-state index contributed by atoms with van der Waals surface area (Å²) >= 11 is 6.16. The summed E-state index contributed by atoms with van der Waals surface area (Å²) in [6, 6.07) is 8.04. The molecule has 1 aliphatic rings. The number of benzene rings is 1. The molecule has 0 aliphatic carbocycles. The molecule has 0 bridgehead atoms. The Labute approximate surface area is 256 Å². The second-order valence-electron chi connectivity index (χ2n) is 9.92. The summed E-state index contributed by atoms with van der Waals surface area (Å²) in [4.78, 5) is 46.9. The van der Waals surface area contributed by atoms with Crippen LogP contribution in [0.25, 0.3) is 11.0 Å². The summed E-state index contributed by atoms with van der Waals surface area (Å²) < 4.78 is 17.4. The van der Waals surface area contributed by atoms with E-state index in [2.05, 4.69) is 10.3 Å². The van der Waals surface area contributed by atoms with Crippen molar-refractivity contribution in [1.29, 1.82) is 0 Å². The van der Waals surface area contributed by atoms with E-state index in [1.165, 1.54) is 13.1 Å². The van der Waals surface area contributed by atoms with E-state index in [1.807, 2.05) is 0 Å². The van der Waals surface area contributed by atoms with Gasteiger partial charge in [0, 0.05) is 11.2 Å². The summed E-state index contributed by atoms with van der Waals surface area (Å²) in [6.07, 6.45) is 1.54. The van der Waals surface area contributed by atoms with E-state index in [1.54, 1.807) is 37.3 Å². The van der Waals surface area contributed by atoms with Crippen LogP contribution in [0.4, 0.5) is 0 Å². The van der Waals surface area contributed by atoms with Gasteiger partial charge >= 0.3 is 0 Å². The molecule has 10 nitrogen and oxygen atoms in total. The maximum absolute atomic E-state index is 14.0. The first-order chi connectivity index (χ1) is 19.6. The molecule has 1 atom stereocenters. The summed E-state index contributed by atoms with van der Waals surface area (Å²) in [5, 5.41) is -1.40. The highest BCUT2D eigenvalue weighted by molar-refractivity contribution is 6.64. The van der Waals surface area contributed by atoms with Crippen LogP contribution < -0.4 is 14.8 Å². The predicted octanol–water partition coefficient (Wildman–Crippen LogP) is -0.148. The molecular weight excluding hydrogens is 553 g/mol. The molecular formula is C25H21B6ClN4O6. The summed E-state index contributed by atoms with van der Waals surface area (Å²) in [6.45, 7) is 2.20. The van der Waals surface area contributed by atoms with Crippen molar-refractivity contribution in [2.24, 2.45) is 0 Å². The average Bonchev–Trinajstić information content (AvgIpc) is 3.20. The number of nitrogens with zero attached hydrogens (tertiary/aromatic N) is 3. The van der Waals surface area contributed by atoms with Crippen molar-refractivity contribution in [1.82, 2.24) is 20.1 Å². The van der Waals surface area contributed by atoms with E-state index in [0.717, 1.165) is 4.90 Å². The largest absolute Gasteiger partial charge is 0.492 e. The van der Waals surface area contributed by atoms with Gasteiger partial charge in [0.05, 0.1) is 65.6 Å². The number of ether oxygens (including phenoxy) is 2. The summed E-state index contributed by atoms with van der Waals surface area (Å²) in [7, 11) is 34.3. The highest BCUT2D eigenvalue weighted by atomic mass is 35.5. The third-order valence-electron chi connectivity index (χ3n) is 6.51. The number of carbonyl (C=O) groups is 3. The molecule has 3 heterocycles. The van der Waals surface area contributed by atoms with Gasteiger partial charge in [-0.2, -0.15) is 0 Å². The van der Waals surface area contributed by atoms with Crippen molar-refractivity contribution in [2.45, 2.75) is 36.4 Å². The van der Waals surface area contributed by atoms with Gasteiger partial charge in [-0.15, -0.1) is 0 Å². The van der Waals surface area contributed by atoms with Crippen LogP contribution in [0.5, 0.6) is 11.5 Å². The van der Waals surface area contributed by atoms with Crippen LogP contribution in [-0.4, -0.2) is 115 Å². The van der Waals surface area contributed by atoms with Crippen molar-refractivity contribution in [3.63, 3.8) is 0 Å². The standard InChI is InChI=1S/C25H21B6ClN4O6/c1-3-40-17-5-4-8-33-15(17)10-34-22(39)23(2)12-41-19-14-9-13(32)6-7-16(14)42-20(19)21(38)35(23)11-18(37)36(24(26,27)28)25(29,30)31/h4-9H,3,10-12H2,1-2H3,(H,34,39). The first-order valence-corrected chi connectivity index (χ1v) is 13.0. The van der Waals surface area contributed by atoms with Crippen LogP contribution in [0.2, 0.25) is 5.02 Å². The van der Waals surface area contributed by atoms with Gasteiger partial charge in [0.15, 0.2) is 11.3 Å². The Kier molecular flexibility index (Phi) is 8.79. The fraction of sp³-hybridized carbons (Fsp3) is 0.360. The molecule has 4 rings (SSSR count). The number of nitrogens with one attached hydrogen (secondary N) is 1. The van der Waals surface area contributed by atoms with E-state index in [-0.39, 0.29) is 23.6 Å². The van der Waals surface area contributed by atoms with Crippen molar-refractivity contribution >= 4 is 87.4 Å². The molecule has 1 aromatic carbocycles. The molecule has 1 unspecified atom stereocenters. The molecule has 42 heavy (non-hydrogen) atoms. The Balaban J connectivity index is 1.75. The molecule has 3 aromatic rings. The Morgan fingerprint density at radius 3 is 2.52 bits per heavy atom.